The first-order valence-electron chi connectivity index (χ1n) is 5.70. The molecule has 0 radical (unpaired) electrons. The van der Waals surface area contributed by atoms with Crippen molar-refractivity contribution in [3.63, 3.8) is 0 Å². The molecule has 0 unspecified atom stereocenters. The average molecular weight is 240 g/mol. The Hall–Kier alpha value is -2.43. The van der Waals surface area contributed by atoms with Crippen molar-refractivity contribution in [1.29, 1.82) is 0 Å². The molecule has 2 heterocycles. The summed E-state index contributed by atoms with van der Waals surface area (Å²) in [5, 5.41) is 0. The van der Waals surface area contributed by atoms with Gasteiger partial charge in [0.25, 0.3) is 5.56 Å². The van der Waals surface area contributed by atoms with Gasteiger partial charge in [-0.25, -0.2) is 9.97 Å². The van der Waals surface area contributed by atoms with Crippen LogP contribution in [0.3, 0.4) is 0 Å². The SMILES string of the molecule is Cc1nc2ncn(Cc3ccccc3)c2c(=O)[nH]1. The molecular formula is C13H12N4O. The van der Waals surface area contributed by atoms with E-state index in [9.17, 15) is 4.79 Å². The summed E-state index contributed by atoms with van der Waals surface area (Å²) in [5.41, 5.74) is 1.99. The van der Waals surface area contributed by atoms with Crippen molar-refractivity contribution in [1.82, 2.24) is 19.5 Å². The first-order valence-corrected chi connectivity index (χ1v) is 5.70. The normalized spacial score (nSPS) is 10.9. The van der Waals surface area contributed by atoms with Crippen LogP contribution in [-0.2, 0) is 6.54 Å². The second-order valence-corrected chi connectivity index (χ2v) is 4.18. The van der Waals surface area contributed by atoms with E-state index in [1.54, 1.807) is 13.3 Å². The van der Waals surface area contributed by atoms with Crippen LogP contribution in [0.1, 0.15) is 11.4 Å². The van der Waals surface area contributed by atoms with Gasteiger partial charge in [-0.3, -0.25) is 4.79 Å². The van der Waals surface area contributed by atoms with Gasteiger partial charge in [0.2, 0.25) is 0 Å². The largest absolute Gasteiger partial charge is 0.320 e. The Balaban J connectivity index is 2.11. The van der Waals surface area contributed by atoms with Crippen molar-refractivity contribution >= 4 is 11.2 Å². The monoisotopic (exact) mass is 240 g/mol. The second kappa shape index (κ2) is 4.10. The van der Waals surface area contributed by atoms with Gasteiger partial charge in [-0.15, -0.1) is 0 Å². The summed E-state index contributed by atoms with van der Waals surface area (Å²) >= 11 is 0. The molecule has 0 aliphatic heterocycles. The summed E-state index contributed by atoms with van der Waals surface area (Å²) < 4.78 is 1.82. The molecule has 2 aromatic heterocycles. The molecular weight excluding hydrogens is 228 g/mol. The van der Waals surface area contributed by atoms with Gasteiger partial charge in [0.05, 0.1) is 6.33 Å². The van der Waals surface area contributed by atoms with Gasteiger partial charge in [-0.1, -0.05) is 30.3 Å². The third-order valence-corrected chi connectivity index (χ3v) is 2.80. The quantitative estimate of drug-likeness (QED) is 0.737. The van der Waals surface area contributed by atoms with Gasteiger partial charge < -0.3 is 9.55 Å². The molecule has 90 valence electrons. The van der Waals surface area contributed by atoms with Crippen molar-refractivity contribution in [3.05, 3.63) is 58.4 Å². The highest BCUT2D eigenvalue weighted by Crippen LogP contribution is 2.08. The number of aromatic amines is 1. The molecule has 0 amide bonds. The number of benzene rings is 1. The molecule has 0 saturated heterocycles. The highest BCUT2D eigenvalue weighted by molar-refractivity contribution is 5.69. The average Bonchev–Trinajstić information content (AvgIpc) is 2.73. The molecule has 5 heteroatoms. The van der Waals surface area contributed by atoms with E-state index in [-0.39, 0.29) is 5.56 Å². The Labute approximate surface area is 103 Å². The maximum Gasteiger partial charge on any atom is 0.277 e. The van der Waals surface area contributed by atoms with E-state index in [0.29, 0.717) is 23.5 Å². The van der Waals surface area contributed by atoms with Crippen LogP contribution in [0.4, 0.5) is 0 Å². The van der Waals surface area contributed by atoms with E-state index in [1.165, 1.54) is 0 Å². The highest BCUT2D eigenvalue weighted by Gasteiger charge is 2.09. The van der Waals surface area contributed by atoms with Crippen LogP contribution in [0.5, 0.6) is 0 Å². The van der Waals surface area contributed by atoms with E-state index >= 15 is 0 Å². The lowest BCUT2D eigenvalue weighted by Crippen LogP contribution is -2.13. The van der Waals surface area contributed by atoms with E-state index in [2.05, 4.69) is 15.0 Å². The lowest BCUT2D eigenvalue weighted by atomic mass is 10.2. The zero-order valence-corrected chi connectivity index (χ0v) is 9.92. The molecule has 1 aromatic carbocycles. The minimum absolute atomic E-state index is 0.147. The maximum absolute atomic E-state index is 11.9. The topological polar surface area (TPSA) is 63.6 Å². The molecule has 1 N–H and O–H groups in total. The lowest BCUT2D eigenvalue weighted by Gasteiger charge is -2.03. The predicted molar refractivity (Wildman–Crippen MR) is 68.4 cm³/mol. The third kappa shape index (κ3) is 1.79. The molecule has 0 fully saturated rings. The van der Waals surface area contributed by atoms with E-state index < -0.39 is 0 Å². The summed E-state index contributed by atoms with van der Waals surface area (Å²) in [5.74, 6) is 0.581. The number of rotatable bonds is 2. The number of fused-ring (bicyclic) bond motifs is 1. The number of aromatic nitrogens is 4. The number of imidazole rings is 1. The first-order chi connectivity index (χ1) is 8.74. The fraction of sp³-hybridized carbons (Fsp3) is 0.154. The van der Waals surface area contributed by atoms with E-state index in [1.807, 2.05) is 34.9 Å². The van der Waals surface area contributed by atoms with E-state index in [4.69, 9.17) is 0 Å². The summed E-state index contributed by atoms with van der Waals surface area (Å²) in [6, 6.07) is 9.94. The third-order valence-electron chi connectivity index (χ3n) is 2.80. The van der Waals surface area contributed by atoms with Crippen molar-refractivity contribution < 1.29 is 0 Å². The number of nitrogens with one attached hydrogen (secondary N) is 1. The number of nitrogens with zero attached hydrogens (tertiary/aromatic N) is 3. The number of hydrogen-bond donors (Lipinski definition) is 1. The molecule has 0 saturated carbocycles. The Bertz CT molecular complexity index is 743. The van der Waals surface area contributed by atoms with E-state index in [0.717, 1.165) is 5.56 Å². The first kappa shape index (κ1) is 10.7. The van der Waals surface area contributed by atoms with Gasteiger partial charge in [0.1, 0.15) is 5.82 Å². The fourth-order valence-electron chi connectivity index (χ4n) is 2.00. The minimum atomic E-state index is -0.147. The summed E-state index contributed by atoms with van der Waals surface area (Å²) in [7, 11) is 0. The van der Waals surface area contributed by atoms with Gasteiger partial charge >= 0.3 is 0 Å². The number of H-pyrrole nitrogens is 1. The maximum atomic E-state index is 11.9. The zero-order chi connectivity index (χ0) is 12.5. The lowest BCUT2D eigenvalue weighted by molar-refractivity contribution is 0.818. The summed E-state index contributed by atoms with van der Waals surface area (Å²) in [6.07, 6.45) is 1.65. The standard InChI is InChI=1S/C13H12N4O/c1-9-15-12-11(13(18)16-9)17(8-14-12)7-10-5-3-2-4-6-10/h2-6,8H,7H2,1H3,(H,15,16,18). The predicted octanol–water partition coefficient (Wildman–Crippen LogP) is 1.48. The Kier molecular flexibility index (Phi) is 2.44. The van der Waals surface area contributed by atoms with Crippen LogP contribution in [0.2, 0.25) is 0 Å². The van der Waals surface area contributed by atoms with Crippen LogP contribution < -0.4 is 5.56 Å². The smallest absolute Gasteiger partial charge is 0.277 e. The molecule has 0 spiro atoms. The minimum Gasteiger partial charge on any atom is -0.320 e. The Morgan fingerprint density at radius 3 is 2.83 bits per heavy atom. The van der Waals surface area contributed by atoms with Crippen LogP contribution in [0.25, 0.3) is 11.2 Å². The van der Waals surface area contributed by atoms with Crippen LogP contribution >= 0.6 is 0 Å². The highest BCUT2D eigenvalue weighted by atomic mass is 16.1. The molecule has 0 aliphatic rings. The second-order valence-electron chi connectivity index (χ2n) is 4.18. The molecule has 0 atom stereocenters. The molecule has 18 heavy (non-hydrogen) atoms. The molecule has 3 rings (SSSR count). The van der Waals surface area contributed by atoms with Crippen molar-refractivity contribution in [2.75, 3.05) is 0 Å². The zero-order valence-electron chi connectivity index (χ0n) is 9.92. The van der Waals surface area contributed by atoms with Gasteiger partial charge in [0, 0.05) is 6.54 Å². The molecule has 0 aliphatic carbocycles. The Morgan fingerprint density at radius 1 is 1.28 bits per heavy atom. The van der Waals surface area contributed by atoms with Gasteiger partial charge in [0.15, 0.2) is 11.2 Å². The van der Waals surface area contributed by atoms with Crippen LogP contribution in [0, 0.1) is 6.92 Å². The Morgan fingerprint density at radius 2 is 2.06 bits per heavy atom. The van der Waals surface area contributed by atoms with Gasteiger partial charge in [-0.2, -0.15) is 0 Å². The summed E-state index contributed by atoms with van der Waals surface area (Å²) in [6.45, 7) is 2.36. The van der Waals surface area contributed by atoms with Crippen molar-refractivity contribution in [2.45, 2.75) is 13.5 Å². The number of aryl methyl sites for hydroxylation is 1. The van der Waals surface area contributed by atoms with Crippen molar-refractivity contribution in [3.8, 4) is 0 Å². The molecule has 5 nitrogen and oxygen atoms in total. The number of hydrogen-bond acceptors (Lipinski definition) is 3. The van der Waals surface area contributed by atoms with Crippen molar-refractivity contribution in [2.24, 2.45) is 0 Å². The van der Waals surface area contributed by atoms with Crippen LogP contribution in [-0.4, -0.2) is 19.5 Å². The fourth-order valence-corrected chi connectivity index (χ4v) is 2.00. The van der Waals surface area contributed by atoms with Crippen LogP contribution in [0.15, 0.2) is 41.5 Å². The molecule has 0 bridgehead atoms. The van der Waals surface area contributed by atoms with Gasteiger partial charge in [-0.05, 0) is 12.5 Å². The molecule has 3 aromatic rings. The summed E-state index contributed by atoms with van der Waals surface area (Å²) in [4.78, 5) is 23.0.